The van der Waals surface area contributed by atoms with Crippen LogP contribution in [0.15, 0.2) is 72.8 Å². The number of urea groups is 1. The third-order valence-electron chi connectivity index (χ3n) is 6.84. The summed E-state index contributed by atoms with van der Waals surface area (Å²) in [5.41, 5.74) is 2.71. The van der Waals surface area contributed by atoms with Crippen molar-refractivity contribution in [2.45, 2.75) is 26.0 Å². The summed E-state index contributed by atoms with van der Waals surface area (Å²) in [5.74, 6) is 3.43. The molecule has 2 heterocycles. The number of carbonyl (C=O) groups is 1. The van der Waals surface area contributed by atoms with Crippen LogP contribution in [0.3, 0.4) is 0 Å². The van der Waals surface area contributed by atoms with E-state index in [0.29, 0.717) is 42.8 Å². The number of benzene rings is 3. The summed E-state index contributed by atoms with van der Waals surface area (Å²) in [6.45, 7) is 2.63. The van der Waals surface area contributed by atoms with Gasteiger partial charge in [0.1, 0.15) is 29.7 Å². The number of nitrogens with one attached hydrogen (secondary N) is 1. The molecule has 0 atom stereocenters. The molecule has 1 aromatic heterocycles. The molecule has 3 aromatic carbocycles. The Morgan fingerprint density at radius 3 is 2.46 bits per heavy atom. The standard InChI is InChI=1S/C29H32N4O4/c1-35-23-12-13-25(27(18-23)36-2)31-29(34)32-16-14-21(15-17-32)19-33-26-11-7-6-10-24(26)30-28(33)20-37-22-8-4-3-5-9-22/h3-13,18,21H,14-17,19-20H2,1-2H3,(H,31,34). The normalized spacial score (nSPS) is 13.9. The Bertz CT molecular complexity index is 1350. The number of imidazole rings is 1. The van der Waals surface area contributed by atoms with Crippen LogP contribution in [0.25, 0.3) is 11.0 Å². The number of anilines is 1. The number of para-hydroxylation sites is 3. The molecule has 0 radical (unpaired) electrons. The van der Waals surface area contributed by atoms with Crippen molar-refractivity contribution in [2.75, 3.05) is 32.6 Å². The van der Waals surface area contributed by atoms with E-state index < -0.39 is 0 Å². The number of aromatic nitrogens is 2. The lowest BCUT2D eigenvalue weighted by atomic mass is 9.96. The minimum absolute atomic E-state index is 0.119. The van der Waals surface area contributed by atoms with Gasteiger partial charge < -0.3 is 29.0 Å². The summed E-state index contributed by atoms with van der Waals surface area (Å²) in [6.07, 6.45) is 1.83. The van der Waals surface area contributed by atoms with Crippen molar-refractivity contribution < 1.29 is 19.0 Å². The molecule has 0 bridgehead atoms. The van der Waals surface area contributed by atoms with Gasteiger partial charge in [-0.15, -0.1) is 0 Å². The van der Waals surface area contributed by atoms with E-state index in [9.17, 15) is 4.79 Å². The van der Waals surface area contributed by atoms with Gasteiger partial charge >= 0.3 is 6.03 Å². The number of hydrogen-bond donors (Lipinski definition) is 1. The number of hydrogen-bond acceptors (Lipinski definition) is 5. The van der Waals surface area contributed by atoms with Gasteiger partial charge in [0.25, 0.3) is 0 Å². The predicted octanol–water partition coefficient (Wildman–Crippen LogP) is 5.58. The average molecular weight is 501 g/mol. The number of rotatable bonds is 8. The number of amides is 2. The molecule has 0 unspecified atom stereocenters. The first-order valence-electron chi connectivity index (χ1n) is 12.5. The Morgan fingerprint density at radius 1 is 0.946 bits per heavy atom. The molecule has 1 fully saturated rings. The first kappa shape index (κ1) is 24.5. The van der Waals surface area contributed by atoms with Crippen molar-refractivity contribution in [1.29, 1.82) is 0 Å². The molecule has 0 saturated carbocycles. The second kappa shape index (κ2) is 11.2. The zero-order valence-electron chi connectivity index (χ0n) is 21.2. The van der Waals surface area contributed by atoms with Crippen LogP contribution in [0, 0.1) is 5.92 Å². The molecule has 0 aliphatic carbocycles. The molecule has 5 rings (SSSR count). The Labute approximate surface area is 216 Å². The van der Waals surface area contributed by atoms with E-state index in [2.05, 4.69) is 16.0 Å². The smallest absolute Gasteiger partial charge is 0.321 e. The third kappa shape index (κ3) is 5.63. The number of fused-ring (bicyclic) bond motifs is 1. The van der Waals surface area contributed by atoms with Crippen LogP contribution >= 0.6 is 0 Å². The fourth-order valence-electron chi connectivity index (χ4n) is 4.78. The largest absolute Gasteiger partial charge is 0.497 e. The van der Waals surface area contributed by atoms with Crippen molar-refractivity contribution in [2.24, 2.45) is 5.92 Å². The highest BCUT2D eigenvalue weighted by atomic mass is 16.5. The SMILES string of the molecule is COc1ccc(NC(=O)N2CCC(Cn3c(COc4ccccc4)nc4ccccc43)CC2)c(OC)c1. The van der Waals surface area contributed by atoms with Crippen LogP contribution in [0.5, 0.6) is 17.2 Å². The highest BCUT2D eigenvalue weighted by Crippen LogP contribution is 2.30. The van der Waals surface area contributed by atoms with E-state index >= 15 is 0 Å². The summed E-state index contributed by atoms with van der Waals surface area (Å²) in [5, 5.41) is 2.98. The molecule has 8 heteroatoms. The minimum atomic E-state index is -0.119. The van der Waals surface area contributed by atoms with Crippen LogP contribution in [-0.4, -0.2) is 47.8 Å². The topological polar surface area (TPSA) is 77.9 Å². The molecule has 0 spiro atoms. The quantitative estimate of drug-likeness (QED) is 0.342. The Kier molecular flexibility index (Phi) is 7.44. The van der Waals surface area contributed by atoms with Gasteiger partial charge in [-0.2, -0.15) is 0 Å². The van der Waals surface area contributed by atoms with Gasteiger partial charge in [0.05, 0.1) is 30.9 Å². The Morgan fingerprint density at radius 2 is 1.70 bits per heavy atom. The predicted molar refractivity (Wildman–Crippen MR) is 143 cm³/mol. The van der Waals surface area contributed by atoms with Gasteiger partial charge in [0.2, 0.25) is 0 Å². The zero-order valence-corrected chi connectivity index (χ0v) is 21.2. The maximum absolute atomic E-state index is 13.0. The Hall–Kier alpha value is -4.20. The lowest BCUT2D eigenvalue weighted by molar-refractivity contribution is 0.176. The van der Waals surface area contributed by atoms with E-state index in [-0.39, 0.29) is 6.03 Å². The molecule has 192 valence electrons. The summed E-state index contributed by atoms with van der Waals surface area (Å²) in [6, 6.07) is 23.3. The van der Waals surface area contributed by atoms with Crippen LogP contribution in [0.1, 0.15) is 18.7 Å². The van der Waals surface area contributed by atoms with Crippen molar-refractivity contribution >= 4 is 22.8 Å². The Balaban J connectivity index is 1.22. The van der Waals surface area contributed by atoms with Crippen LogP contribution in [0.2, 0.25) is 0 Å². The summed E-state index contributed by atoms with van der Waals surface area (Å²) in [4.78, 5) is 19.7. The van der Waals surface area contributed by atoms with E-state index in [1.165, 1.54) is 0 Å². The lowest BCUT2D eigenvalue weighted by Gasteiger charge is -2.32. The first-order valence-corrected chi connectivity index (χ1v) is 12.5. The minimum Gasteiger partial charge on any atom is -0.497 e. The van der Waals surface area contributed by atoms with Gasteiger partial charge in [-0.25, -0.2) is 9.78 Å². The highest BCUT2D eigenvalue weighted by Gasteiger charge is 2.25. The molecule has 4 aromatic rings. The fraction of sp³-hybridized carbons (Fsp3) is 0.310. The molecule has 8 nitrogen and oxygen atoms in total. The third-order valence-corrected chi connectivity index (χ3v) is 6.84. The van der Waals surface area contributed by atoms with Crippen LogP contribution < -0.4 is 19.5 Å². The first-order chi connectivity index (χ1) is 18.1. The van der Waals surface area contributed by atoms with Crippen molar-refractivity contribution in [3.05, 3.63) is 78.6 Å². The van der Waals surface area contributed by atoms with Crippen molar-refractivity contribution in [3.8, 4) is 17.2 Å². The van der Waals surface area contributed by atoms with E-state index in [1.807, 2.05) is 53.4 Å². The second-order valence-corrected chi connectivity index (χ2v) is 9.16. The maximum Gasteiger partial charge on any atom is 0.321 e. The molecule has 37 heavy (non-hydrogen) atoms. The number of ether oxygens (including phenoxy) is 3. The average Bonchev–Trinajstić information content (AvgIpc) is 3.30. The monoisotopic (exact) mass is 500 g/mol. The number of nitrogens with zero attached hydrogens (tertiary/aromatic N) is 3. The molecule has 2 amide bonds. The molecule has 1 aliphatic rings. The summed E-state index contributed by atoms with van der Waals surface area (Å²) < 4.78 is 19.0. The highest BCUT2D eigenvalue weighted by molar-refractivity contribution is 5.91. The number of likely N-dealkylation sites (tertiary alicyclic amines) is 1. The summed E-state index contributed by atoms with van der Waals surface area (Å²) in [7, 11) is 3.18. The van der Waals surface area contributed by atoms with E-state index in [0.717, 1.165) is 42.0 Å². The molecule has 1 aliphatic heterocycles. The van der Waals surface area contributed by atoms with Gasteiger partial charge in [-0.3, -0.25) is 0 Å². The van der Waals surface area contributed by atoms with Crippen LogP contribution in [0.4, 0.5) is 10.5 Å². The second-order valence-electron chi connectivity index (χ2n) is 9.16. The maximum atomic E-state index is 13.0. The molecular weight excluding hydrogens is 468 g/mol. The zero-order chi connectivity index (χ0) is 25.6. The van der Waals surface area contributed by atoms with E-state index in [1.54, 1.807) is 32.4 Å². The molecular formula is C29H32N4O4. The molecule has 1 saturated heterocycles. The lowest BCUT2D eigenvalue weighted by Crippen LogP contribution is -2.41. The molecule has 1 N–H and O–H groups in total. The number of carbonyl (C=O) groups excluding carboxylic acids is 1. The van der Waals surface area contributed by atoms with Gasteiger partial charge in [0.15, 0.2) is 0 Å². The van der Waals surface area contributed by atoms with Gasteiger partial charge in [0, 0.05) is 25.7 Å². The van der Waals surface area contributed by atoms with E-state index in [4.69, 9.17) is 19.2 Å². The van der Waals surface area contributed by atoms with Gasteiger partial charge in [-0.1, -0.05) is 30.3 Å². The van der Waals surface area contributed by atoms with Gasteiger partial charge in [-0.05, 0) is 55.2 Å². The van der Waals surface area contributed by atoms with Crippen molar-refractivity contribution in [1.82, 2.24) is 14.5 Å². The van der Waals surface area contributed by atoms with Crippen molar-refractivity contribution in [3.63, 3.8) is 0 Å². The van der Waals surface area contributed by atoms with Crippen LogP contribution in [-0.2, 0) is 13.2 Å². The fourth-order valence-corrected chi connectivity index (χ4v) is 4.78. The number of piperidine rings is 1. The number of methoxy groups -OCH3 is 2. The summed E-state index contributed by atoms with van der Waals surface area (Å²) >= 11 is 0.